The number of alkyl halides is 3. The Bertz CT molecular complexity index is 1300. The molecule has 182 valence electrons. The molecule has 34 heavy (non-hydrogen) atoms. The first-order chi connectivity index (χ1) is 15.9. The van der Waals surface area contributed by atoms with Crippen molar-refractivity contribution in [3.8, 4) is 0 Å². The van der Waals surface area contributed by atoms with Crippen molar-refractivity contribution < 1.29 is 30.4 Å². The van der Waals surface area contributed by atoms with Crippen LogP contribution in [0.15, 0.2) is 46.7 Å². The summed E-state index contributed by atoms with van der Waals surface area (Å²) in [4.78, 5) is 5.91. The zero-order valence-corrected chi connectivity index (χ0v) is 19.8. The van der Waals surface area contributed by atoms with Gasteiger partial charge in [0.2, 0.25) is 0 Å². The first-order valence-electron chi connectivity index (χ1n) is 10.2. The van der Waals surface area contributed by atoms with Gasteiger partial charge in [0.05, 0.1) is 26.4 Å². The molecule has 1 saturated heterocycles. The summed E-state index contributed by atoms with van der Waals surface area (Å²) in [6, 6.07) is 5.95. The number of benzene rings is 2. The van der Waals surface area contributed by atoms with Gasteiger partial charge >= 0.3 is 6.18 Å². The highest BCUT2D eigenvalue weighted by Crippen LogP contribution is 2.36. The fourth-order valence-corrected chi connectivity index (χ4v) is 6.96. The second-order valence-electron chi connectivity index (χ2n) is 7.92. The lowest BCUT2D eigenvalue weighted by Crippen LogP contribution is -2.39. The van der Waals surface area contributed by atoms with E-state index in [2.05, 4.69) is 4.98 Å². The highest BCUT2D eigenvalue weighted by Gasteiger charge is 2.36. The van der Waals surface area contributed by atoms with E-state index in [1.54, 1.807) is 5.38 Å². The second-order valence-corrected chi connectivity index (χ2v) is 11.4. The highest BCUT2D eigenvalue weighted by atomic mass is 35.5. The van der Waals surface area contributed by atoms with Crippen LogP contribution in [0.3, 0.4) is 0 Å². The summed E-state index contributed by atoms with van der Waals surface area (Å²) in [6.45, 7) is 0.692. The number of thiazole rings is 1. The van der Waals surface area contributed by atoms with Crippen molar-refractivity contribution in [3.63, 3.8) is 0 Å². The number of rotatable bonds is 5. The molecule has 0 radical (unpaired) electrons. The zero-order chi connectivity index (χ0) is 24.7. The second kappa shape index (κ2) is 9.43. The minimum absolute atomic E-state index is 0.201. The van der Waals surface area contributed by atoms with Gasteiger partial charge in [0.25, 0.3) is 0 Å². The number of hydrogen-bond donors (Lipinski definition) is 0. The molecule has 4 nitrogen and oxygen atoms in total. The maximum absolute atomic E-state index is 13.4. The minimum Gasteiger partial charge on any atom is -0.348 e. The molecule has 0 aliphatic carbocycles. The van der Waals surface area contributed by atoms with E-state index in [1.165, 1.54) is 17.4 Å². The van der Waals surface area contributed by atoms with Gasteiger partial charge in [0, 0.05) is 24.9 Å². The summed E-state index contributed by atoms with van der Waals surface area (Å²) < 4.78 is 91.8. The van der Waals surface area contributed by atoms with Crippen LogP contribution >= 0.6 is 22.9 Å². The molecule has 12 heteroatoms. The molecule has 2 heterocycles. The van der Waals surface area contributed by atoms with E-state index in [1.807, 2.05) is 4.90 Å². The normalized spacial score (nSPS) is 15.6. The Morgan fingerprint density at radius 1 is 1.06 bits per heavy atom. The van der Waals surface area contributed by atoms with Gasteiger partial charge in [-0.25, -0.2) is 22.2 Å². The first kappa shape index (κ1) is 24.9. The summed E-state index contributed by atoms with van der Waals surface area (Å²) in [5.41, 5.74) is 0.166. The van der Waals surface area contributed by atoms with Crippen LogP contribution in [0.1, 0.15) is 29.7 Å². The quantitative estimate of drug-likeness (QED) is 0.368. The van der Waals surface area contributed by atoms with Crippen LogP contribution < -0.4 is 4.90 Å². The summed E-state index contributed by atoms with van der Waals surface area (Å²) in [5, 5.41) is 1.34. The third kappa shape index (κ3) is 5.21. The van der Waals surface area contributed by atoms with E-state index < -0.39 is 43.4 Å². The summed E-state index contributed by atoms with van der Waals surface area (Å²) in [7, 11) is -4.07. The molecule has 2 aromatic carbocycles. The lowest BCUT2D eigenvalue weighted by atomic mass is 10.1. The minimum atomic E-state index is -4.68. The summed E-state index contributed by atoms with van der Waals surface area (Å²) >= 11 is 7.30. The number of anilines is 1. The van der Waals surface area contributed by atoms with Crippen LogP contribution in [0.5, 0.6) is 0 Å². The van der Waals surface area contributed by atoms with Crippen molar-refractivity contribution in [1.82, 2.24) is 4.98 Å². The van der Waals surface area contributed by atoms with Crippen molar-refractivity contribution in [2.75, 3.05) is 18.0 Å². The monoisotopic (exact) mass is 536 g/mol. The van der Waals surface area contributed by atoms with Crippen LogP contribution in [0.2, 0.25) is 5.02 Å². The average molecular weight is 537 g/mol. The number of hydrogen-bond acceptors (Lipinski definition) is 5. The lowest BCUT2D eigenvalue weighted by Gasteiger charge is -2.31. The van der Waals surface area contributed by atoms with Crippen LogP contribution in [-0.4, -0.2) is 31.7 Å². The maximum Gasteiger partial charge on any atom is 0.416 e. The third-order valence-corrected chi connectivity index (χ3v) is 9.32. The van der Waals surface area contributed by atoms with Gasteiger partial charge in [-0.2, -0.15) is 13.2 Å². The van der Waals surface area contributed by atoms with Gasteiger partial charge in [-0.05, 0) is 48.7 Å². The third-order valence-electron chi connectivity index (χ3n) is 5.63. The number of aromatic nitrogens is 1. The Morgan fingerprint density at radius 3 is 2.41 bits per heavy atom. The Labute approximate surface area is 201 Å². The van der Waals surface area contributed by atoms with Crippen LogP contribution in [-0.2, 0) is 22.4 Å². The Morgan fingerprint density at radius 2 is 1.76 bits per heavy atom. The Kier molecular flexibility index (Phi) is 6.90. The van der Waals surface area contributed by atoms with E-state index >= 15 is 0 Å². The smallest absolute Gasteiger partial charge is 0.348 e. The molecule has 4 rings (SSSR count). The molecule has 1 aliphatic rings. The molecule has 0 unspecified atom stereocenters. The molecule has 0 atom stereocenters. The lowest BCUT2D eigenvalue weighted by molar-refractivity contribution is -0.137. The van der Waals surface area contributed by atoms with Crippen molar-refractivity contribution in [1.29, 1.82) is 0 Å². The van der Waals surface area contributed by atoms with Gasteiger partial charge in [0.1, 0.15) is 0 Å². The molecular weight excluding hydrogens is 519 g/mol. The first-order valence-corrected chi connectivity index (χ1v) is 13.0. The number of halogens is 6. The highest BCUT2D eigenvalue weighted by molar-refractivity contribution is 7.92. The van der Waals surface area contributed by atoms with Crippen LogP contribution in [0, 0.1) is 11.6 Å². The predicted octanol–water partition coefficient (Wildman–Crippen LogP) is 6.13. The zero-order valence-electron chi connectivity index (χ0n) is 17.4. The maximum atomic E-state index is 13.4. The largest absolute Gasteiger partial charge is 0.416 e. The SMILES string of the molecule is O=S(=O)(c1cc(C(F)(F)F)ccc1Cl)C1CCN(c2nc(Cc3ccc(F)c(F)c3)cs2)CC1. The molecule has 1 aromatic heterocycles. The fraction of sp³-hybridized carbons (Fsp3) is 0.318. The Hall–Kier alpha value is -2.24. The Balaban J connectivity index is 1.44. The van der Waals surface area contributed by atoms with Crippen LogP contribution in [0.25, 0.3) is 0 Å². The molecule has 0 N–H and O–H groups in total. The topological polar surface area (TPSA) is 50.3 Å². The van der Waals surface area contributed by atoms with E-state index in [-0.39, 0.29) is 17.9 Å². The van der Waals surface area contributed by atoms with Crippen molar-refractivity contribution in [2.45, 2.75) is 35.6 Å². The number of nitrogens with zero attached hydrogens (tertiary/aromatic N) is 2. The average Bonchev–Trinajstić information content (AvgIpc) is 3.24. The van der Waals surface area contributed by atoms with E-state index in [0.717, 1.165) is 24.3 Å². The van der Waals surface area contributed by atoms with Crippen molar-refractivity contribution in [2.24, 2.45) is 0 Å². The van der Waals surface area contributed by atoms with Crippen molar-refractivity contribution >= 4 is 37.9 Å². The number of sulfone groups is 1. The summed E-state index contributed by atoms with van der Waals surface area (Å²) in [5.74, 6) is -1.86. The van der Waals surface area contributed by atoms with Crippen molar-refractivity contribution in [3.05, 3.63) is 75.3 Å². The van der Waals surface area contributed by atoms with Crippen LogP contribution in [0.4, 0.5) is 27.1 Å². The molecule has 0 bridgehead atoms. The van der Waals surface area contributed by atoms with Gasteiger partial charge in [-0.1, -0.05) is 17.7 Å². The van der Waals surface area contributed by atoms with E-state index in [0.29, 0.717) is 42.0 Å². The van der Waals surface area contributed by atoms with Gasteiger partial charge < -0.3 is 4.90 Å². The molecule has 0 amide bonds. The molecular formula is C22H18ClF5N2O2S2. The molecule has 3 aromatic rings. The molecule has 1 fully saturated rings. The fourth-order valence-electron chi connectivity index (χ4n) is 3.82. The van der Waals surface area contributed by atoms with Gasteiger partial charge in [0.15, 0.2) is 26.6 Å². The van der Waals surface area contributed by atoms with Gasteiger partial charge in [-0.3, -0.25) is 0 Å². The standard InChI is InChI=1S/C22H18ClF5N2O2S2/c23-17-3-2-14(22(26,27)28)11-20(17)34(31,32)16-5-7-30(8-6-16)21-29-15(12-33-21)9-13-1-4-18(24)19(25)10-13/h1-4,10-12,16H,5-9H2. The predicted molar refractivity (Wildman–Crippen MR) is 120 cm³/mol. The van der Waals surface area contributed by atoms with Gasteiger partial charge in [-0.15, -0.1) is 11.3 Å². The summed E-state index contributed by atoms with van der Waals surface area (Å²) in [6.07, 6.45) is -3.97. The number of piperidine rings is 1. The van der Waals surface area contributed by atoms with E-state index in [9.17, 15) is 30.4 Å². The molecule has 0 spiro atoms. The molecule has 0 saturated carbocycles. The molecule has 1 aliphatic heterocycles. The van der Waals surface area contributed by atoms with E-state index in [4.69, 9.17) is 11.6 Å².